The predicted molar refractivity (Wildman–Crippen MR) is 62.9 cm³/mol. The van der Waals surface area contributed by atoms with Crippen LogP contribution in [0.15, 0.2) is 18.2 Å². The van der Waals surface area contributed by atoms with Crippen molar-refractivity contribution in [2.75, 3.05) is 18.9 Å². The summed E-state index contributed by atoms with van der Waals surface area (Å²) in [6, 6.07) is 5.65. The Morgan fingerprint density at radius 1 is 1.53 bits per heavy atom. The van der Waals surface area contributed by atoms with Gasteiger partial charge >= 0.3 is 0 Å². The van der Waals surface area contributed by atoms with Crippen LogP contribution in [0.1, 0.15) is 18.4 Å². The molecule has 0 unspecified atom stereocenters. The zero-order valence-corrected chi connectivity index (χ0v) is 9.59. The maximum atomic E-state index is 13.0. The van der Waals surface area contributed by atoms with Gasteiger partial charge in [0.2, 0.25) is 5.91 Å². The Hall–Kier alpha value is -1.93. The lowest BCUT2D eigenvalue weighted by atomic mass is 10.2. The van der Waals surface area contributed by atoms with Gasteiger partial charge in [0.25, 0.3) is 0 Å². The summed E-state index contributed by atoms with van der Waals surface area (Å²) in [7, 11) is 1.82. The summed E-state index contributed by atoms with van der Waals surface area (Å²) >= 11 is 0. The molecule has 1 aromatic carbocycles. The summed E-state index contributed by atoms with van der Waals surface area (Å²) in [5, 5.41) is 14.2. The van der Waals surface area contributed by atoms with Gasteiger partial charge in [0, 0.05) is 12.1 Å². The van der Waals surface area contributed by atoms with Crippen LogP contribution < -0.4 is 10.6 Å². The maximum absolute atomic E-state index is 13.0. The van der Waals surface area contributed by atoms with E-state index >= 15 is 0 Å². The molecule has 0 spiro atoms. The number of nitrogens with one attached hydrogen (secondary N) is 2. The molecule has 2 N–H and O–H groups in total. The summed E-state index contributed by atoms with van der Waals surface area (Å²) in [5.74, 6) is -0.726. The molecule has 17 heavy (non-hydrogen) atoms. The van der Waals surface area contributed by atoms with Crippen molar-refractivity contribution in [2.45, 2.75) is 12.8 Å². The van der Waals surface area contributed by atoms with E-state index in [2.05, 4.69) is 10.6 Å². The second-order valence-corrected chi connectivity index (χ2v) is 3.56. The van der Waals surface area contributed by atoms with E-state index in [-0.39, 0.29) is 11.5 Å². The molecule has 0 radical (unpaired) electrons. The summed E-state index contributed by atoms with van der Waals surface area (Å²) in [5.41, 5.74) is 0.371. The molecule has 1 rings (SSSR count). The molecule has 0 aliphatic carbocycles. The molecule has 0 aliphatic heterocycles. The van der Waals surface area contributed by atoms with Crippen molar-refractivity contribution in [3.63, 3.8) is 0 Å². The standard InChI is InChI=1S/C12H14FN3O/c1-15-6-2-3-12(17)16-10-4-5-11(13)9(7-10)8-14/h4-5,7,15H,2-3,6H2,1H3,(H,16,17). The lowest BCUT2D eigenvalue weighted by Crippen LogP contribution is -2.15. The molecule has 0 heterocycles. The number of amides is 1. The van der Waals surface area contributed by atoms with E-state index < -0.39 is 5.82 Å². The van der Waals surface area contributed by atoms with Crippen LogP contribution in [0.25, 0.3) is 0 Å². The first kappa shape index (κ1) is 13.1. The second-order valence-electron chi connectivity index (χ2n) is 3.56. The third-order valence-corrected chi connectivity index (χ3v) is 2.20. The zero-order chi connectivity index (χ0) is 12.7. The highest BCUT2D eigenvalue weighted by Crippen LogP contribution is 2.14. The van der Waals surface area contributed by atoms with Gasteiger partial charge in [0.1, 0.15) is 11.9 Å². The molecule has 4 nitrogen and oxygen atoms in total. The van der Waals surface area contributed by atoms with E-state index in [0.29, 0.717) is 12.1 Å². The molecular formula is C12H14FN3O. The number of carbonyl (C=O) groups excluding carboxylic acids is 1. The van der Waals surface area contributed by atoms with E-state index in [1.807, 2.05) is 7.05 Å². The number of hydrogen-bond acceptors (Lipinski definition) is 3. The number of anilines is 1. The van der Waals surface area contributed by atoms with E-state index in [1.54, 1.807) is 6.07 Å². The van der Waals surface area contributed by atoms with Crippen molar-refractivity contribution in [1.82, 2.24) is 5.32 Å². The molecular weight excluding hydrogens is 221 g/mol. The van der Waals surface area contributed by atoms with Crippen molar-refractivity contribution in [3.8, 4) is 6.07 Å². The molecule has 1 aromatic rings. The van der Waals surface area contributed by atoms with E-state index in [4.69, 9.17) is 5.26 Å². The Labute approximate surface area is 99.4 Å². The quantitative estimate of drug-likeness (QED) is 0.762. The van der Waals surface area contributed by atoms with Gasteiger partial charge in [0.05, 0.1) is 5.56 Å². The number of hydrogen-bond donors (Lipinski definition) is 2. The van der Waals surface area contributed by atoms with Crippen LogP contribution in [0.5, 0.6) is 0 Å². The van der Waals surface area contributed by atoms with Crippen molar-refractivity contribution in [3.05, 3.63) is 29.6 Å². The molecule has 0 aromatic heterocycles. The Morgan fingerprint density at radius 3 is 2.94 bits per heavy atom. The number of rotatable bonds is 5. The molecule has 0 bridgehead atoms. The van der Waals surface area contributed by atoms with Gasteiger partial charge in [-0.15, -0.1) is 0 Å². The van der Waals surface area contributed by atoms with Crippen LogP contribution in [0.2, 0.25) is 0 Å². The Balaban J connectivity index is 2.57. The van der Waals surface area contributed by atoms with Crippen molar-refractivity contribution in [1.29, 1.82) is 5.26 Å². The Bertz CT molecular complexity index is 440. The highest BCUT2D eigenvalue weighted by Gasteiger charge is 2.05. The molecule has 0 fully saturated rings. The minimum Gasteiger partial charge on any atom is -0.326 e. The third-order valence-electron chi connectivity index (χ3n) is 2.20. The summed E-state index contributed by atoms with van der Waals surface area (Å²) < 4.78 is 13.0. The lowest BCUT2D eigenvalue weighted by molar-refractivity contribution is -0.116. The van der Waals surface area contributed by atoms with E-state index in [0.717, 1.165) is 13.0 Å². The van der Waals surface area contributed by atoms with Crippen LogP contribution >= 0.6 is 0 Å². The Morgan fingerprint density at radius 2 is 2.29 bits per heavy atom. The van der Waals surface area contributed by atoms with Gasteiger partial charge in [0.15, 0.2) is 0 Å². The fourth-order valence-corrected chi connectivity index (χ4v) is 1.34. The number of nitriles is 1. The average Bonchev–Trinajstić information content (AvgIpc) is 2.32. The van der Waals surface area contributed by atoms with Gasteiger partial charge in [-0.2, -0.15) is 5.26 Å². The third kappa shape index (κ3) is 4.21. The minimum atomic E-state index is -0.583. The van der Waals surface area contributed by atoms with E-state index in [1.165, 1.54) is 18.2 Å². The van der Waals surface area contributed by atoms with Gasteiger partial charge in [-0.25, -0.2) is 4.39 Å². The molecule has 0 aliphatic rings. The molecule has 0 saturated heterocycles. The zero-order valence-electron chi connectivity index (χ0n) is 9.59. The van der Waals surface area contributed by atoms with Crippen LogP contribution in [0, 0.1) is 17.1 Å². The highest BCUT2D eigenvalue weighted by molar-refractivity contribution is 5.90. The second kappa shape index (κ2) is 6.61. The highest BCUT2D eigenvalue weighted by atomic mass is 19.1. The number of carbonyl (C=O) groups is 1. The number of halogens is 1. The maximum Gasteiger partial charge on any atom is 0.224 e. The van der Waals surface area contributed by atoms with Crippen molar-refractivity contribution >= 4 is 11.6 Å². The van der Waals surface area contributed by atoms with Crippen LogP contribution in [-0.2, 0) is 4.79 Å². The molecule has 0 saturated carbocycles. The SMILES string of the molecule is CNCCCC(=O)Nc1ccc(F)c(C#N)c1. The average molecular weight is 235 g/mol. The summed E-state index contributed by atoms with van der Waals surface area (Å²) in [4.78, 5) is 11.5. The number of nitrogens with zero attached hydrogens (tertiary/aromatic N) is 1. The van der Waals surface area contributed by atoms with Gasteiger partial charge in [-0.3, -0.25) is 4.79 Å². The predicted octanol–water partition coefficient (Wildman–Crippen LogP) is 1.64. The summed E-state index contributed by atoms with van der Waals surface area (Å²) in [6.45, 7) is 0.764. The largest absolute Gasteiger partial charge is 0.326 e. The first-order valence-electron chi connectivity index (χ1n) is 5.31. The fourth-order valence-electron chi connectivity index (χ4n) is 1.34. The van der Waals surface area contributed by atoms with Crippen LogP contribution in [0.4, 0.5) is 10.1 Å². The van der Waals surface area contributed by atoms with E-state index in [9.17, 15) is 9.18 Å². The fraction of sp³-hybridized carbons (Fsp3) is 0.333. The topological polar surface area (TPSA) is 64.9 Å². The normalized spacial score (nSPS) is 9.71. The summed E-state index contributed by atoms with van der Waals surface area (Å²) in [6.07, 6.45) is 1.12. The van der Waals surface area contributed by atoms with Gasteiger partial charge < -0.3 is 10.6 Å². The smallest absolute Gasteiger partial charge is 0.224 e. The molecule has 1 amide bonds. The minimum absolute atomic E-state index is 0.0713. The van der Waals surface area contributed by atoms with Gasteiger partial charge in [-0.05, 0) is 38.2 Å². The first-order valence-corrected chi connectivity index (χ1v) is 5.31. The molecule has 5 heteroatoms. The number of benzene rings is 1. The van der Waals surface area contributed by atoms with Crippen molar-refractivity contribution < 1.29 is 9.18 Å². The monoisotopic (exact) mass is 235 g/mol. The molecule has 0 atom stereocenters. The Kier molecular flexibility index (Phi) is 5.11. The first-order chi connectivity index (χ1) is 8.17. The van der Waals surface area contributed by atoms with Crippen LogP contribution in [-0.4, -0.2) is 19.5 Å². The van der Waals surface area contributed by atoms with Gasteiger partial charge in [-0.1, -0.05) is 0 Å². The molecule has 90 valence electrons. The lowest BCUT2D eigenvalue weighted by Gasteiger charge is -2.05. The van der Waals surface area contributed by atoms with Crippen LogP contribution in [0.3, 0.4) is 0 Å². The van der Waals surface area contributed by atoms with Crippen molar-refractivity contribution in [2.24, 2.45) is 0 Å².